The molecule has 0 aliphatic heterocycles. The Labute approximate surface area is 112 Å². The maximum absolute atomic E-state index is 5.76. The summed E-state index contributed by atoms with van der Waals surface area (Å²) < 4.78 is 5.17. The first-order valence-corrected chi connectivity index (χ1v) is 6.43. The van der Waals surface area contributed by atoms with Gasteiger partial charge in [0, 0.05) is 17.8 Å². The van der Waals surface area contributed by atoms with Gasteiger partial charge in [-0.05, 0) is 6.92 Å². The van der Waals surface area contributed by atoms with E-state index in [9.17, 15) is 0 Å². The molecule has 0 spiro atoms. The molecule has 1 atom stereocenters. The zero-order valence-electron chi connectivity index (χ0n) is 10.0. The number of nitrogens with zero attached hydrogens (tertiary/aromatic N) is 5. The second-order valence-corrected chi connectivity index (χ2v) is 4.76. The molecule has 3 heterocycles. The fraction of sp³-hybridized carbons (Fsp3) is 0.182. The number of hydrogen-bond acceptors (Lipinski definition) is 8. The Balaban J connectivity index is 1.92. The Bertz CT molecular complexity index is 677. The van der Waals surface area contributed by atoms with E-state index in [0.29, 0.717) is 23.1 Å². The summed E-state index contributed by atoms with van der Waals surface area (Å²) in [5, 5.41) is 6.53. The smallest absolute Gasteiger partial charge is 0.277 e. The van der Waals surface area contributed by atoms with Gasteiger partial charge in [-0.15, -0.1) is 11.3 Å². The second-order valence-electron chi connectivity index (χ2n) is 3.87. The van der Waals surface area contributed by atoms with Crippen LogP contribution in [0.25, 0.3) is 23.1 Å². The van der Waals surface area contributed by atoms with Crippen molar-refractivity contribution in [3.05, 3.63) is 29.0 Å². The van der Waals surface area contributed by atoms with Gasteiger partial charge in [-0.25, -0.2) is 9.97 Å². The first-order valence-electron chi connectivity index (χ1n) is 5.55. The summed E-state index contributed by atoms with van der Waals surface area (Å²) in [6.45, 7) is 1.88. The molecule has 96 valence electrons. The summed E-state index contributed by atoms with van der Waals surface area (Å²) in [5.74, 6) is 0.738. The second kappa shape index (κ2) is 4.82. The van der Waals surface area contributed by atoms with Gasteiger partial charge >= 0.3 is 0 Å². The molecule has 0 aliphatic rings. The molecule has 0 saturated heterocycles. The predicted octanol–water partition coefficient (Wildman–Crippen LogP) is 1.67. The summed E-state index contributed by atoms with van der Waals surface area (Å²) >= 11 is 1.47. The molecule has 3 aromatic heterocycles. The lowest BCUT2D eigenvalue weighted by atomic mass is 10.4. The van der Waals surface area contributed by atoms with Gasteiger partial charge in [-0.1, -0.05) is 5.16 Å². The fourth-order valence-electron chi connectivity index (χ4n) is 1.44. The lowest BCUT2D eigenvalue weighted by Crippen LogP contribution is -2.03. The minimum atomic E-state index is -0.110. The maximum atomic E-state index is 5.76. The molecule has 7 nitrogen and oxygen atoms in total. The average molecular weight is 274 g/mol. The van der Waals surface area contributed by atoms with E-state index < -0.39 is 0 Å². The van der Waals surface area contributed by atoms with E-state index in [4.69, 9.17) is 10.3 Å². The third kappa shape index (κ3) is 2.35. The largest absolute Gasteiger partial charge is 0.332 e. The van der Waals surface area contributed by atoms with E-state index in [1.54, 1.807) is 18.6 Å². The molecular weight excluding hydrogens is 264 g/mol. The number of thiazole rings is 1. The monoisotopic (exact) mass is 274 g/mol. The van der Waals surface area contributed by atoms with Gasteiger partial charge in [0.1, 0.15) is 16.4 Å². The highest BCUT2D eigenvalue weighted by atomic mass is 32.1. The Kier molecular flexibility index (Phi) is 3.02. The van der Waals surface area contributed by atoms with Crippen LogP contribution in [-0.4, -0.2) is 25.1 Å². The minimum absolute atomic E-state index is 0.110. The van der Waals surface area contributed by atoms with Crippen LogP contribution in [0, 0.1) is 0 Å². The van der Waals surface area contributed by atoms with Gasteiger partial charge in [-0.3, -0.25) is 4.98 Å². The number of aromatic nitrogens is 5. The van der Waals surface area contributed by atoms with Crippen LogP contribution in [0.2, 0.25) is 0 Å². The molecule has 0 fully saturated rings. The Morgan fingerprint density at radius 3 is 2.84 bits per heavy atom. The van der Waals surface area contributed by atoms with Crippen LogP contribution in [0.15, 0.2) is 28.5 Å². The molecule has 0 aromatic carbocycles. The summed E-state index contributed by atoms with van der Waals surface area (Å²) in [5.41, 5.74) is 6.95. The molecule has 0 bridgehead atoms. The number of rotatable bonds is 3. The van der Waals surface area contributed by atoms with Crippen molar-refractivity contribution in [3.8, 4) is 23.1 Å². The summed E-state index contributed by atoms with van der Waals surface area (Å²) in [6.07, 6.45) is 4.73. The summed E-state index contributed by atoms with van der Waals surface area (Å²) in [4.78, 5) is 16.7. The average Bonchev–Trinajstić information content (AvgIpc) is 3.09. The van der Waals surface area contributed by atoms with E-state index in [1.807, 2.05) is 12.3 Å². The molecule has 19 heavy (non-hydrogen) atoms. The summed E-state index contributed by atoms with van der Waals surface area (Å²) in [7, 11) is 0. The molecule has 8 heteroatoms. The molecule has 0 saturated carbocycles. The van der Waals surface area contributed by atoms with Gasteiger partial charge < -0.3 is 10.3 Å². The van der Waals surface area contributed by atoms with Crippen molar-refractivity contribution >= 4 is 11.3 Å². The van der Waals surface area contributed by atoms with E-state index in [2.05, 4.69) is 25.1 Å². The van der Waals surface area contributed by atoms with Crippen LogP contribution in [0.4, 0.5) is 0 Å². The highest BCUT2D eigenvalue weighted by molar-refractivity contribution is 7.10. The van der Waals surface area contributed by atoms with E-state index in [1.165, 1.54) is 11.3 Å². The molecule has 3 rings (SSSR count). The van der Waals surface area contributed by atoms with Gasteiger partial charge in [0.15, 0.2) is 0 Å². The molecule has 3 aromatic rings. The lowest BCUT2D eigenvalue weighted by Gasteiger charge is -1.95. The third-order valence-electron chi connectivity index (χ3n) is 2.35. The van der Waals surface area contributed by atoms with E-state index >= 15 is 0 Å². The molecule has 0 radical (unpaired) electrons. The zero-order valence-corrected chi connectivity index (χ0v) is 10.8. The lowest BCUT2D eigenvalue weighted by molar-refractivity contribution is 0.431. The van der Waals surface area contributed by atoms with E-state index in [0.717, 1.165) is 5.01 Å². The minimum Gasteiger partial charge on any atom is -0.332 e. The standard InChI is InChI=1S/C11H10N6OS/c1-6(12)11-15-8(5-19-11)10-16-9(17-18-10)7-4-13-2-3-14-7/h2-6H,12H2,1H3. The van der Waals surface area contributed by atoms with Crippen LogP contribution in [-0.2, 0) is 0 Å². The normalized spacial score (nSPS) is 12.5. The van der Waals surface area contributed by atoms with Gasteiger partial charge in [0.25, 0.3) is 5.89 Å². The highest BCUT2D eigenvalue weighted by Crippen LogP contribution is 2.24. The molecule has 0 aliphatic carbocycles. The van der Waals surface area contributed by atoms with Gasteiger partial charge in [-0.2, -0.15) is 4.98 Å². The summed E-state index contributed by atoms with van der Waals surface area (Å²) in [6, 6.07) is -0.110. The predicted molar refractivity (Wildman–Crippen MR) is 69.0 cm³/mol. The van der Waals surface area contributed by atoms with Crippen LogP contribution in [0.1, 0.15) is 18.0 Å². The third-order valence-corrected chi connectivity index (χ3v) is 3.39. The topological polar surface area (TPSA) is 104 Å². The number of nitrogens with two attached hydrogens (primary N) is 1. The van der Waals surface area contributed by atoms with Crippen molar-refractivity contribution in [3.63, 3.8) is 0 Å². The van der Waals surface area contributed by atoms with Crippen molar-refractivity contribution < 1.29 is 4.52 Å². The quantitative estimate of drug-likeness (QED) is 0.774. The van der Waals surface area contributed by atoms with Crippen molar-refractivity contribution in [2.45, 2.75) is 13.0 Å². The van der Waals surface area contributed by atoms with E-state index in [-0.39, 0.29) is 6.04 Å². The first-order chi connectivity index (χ1) is 9.24. The molecule has 2 N–H and O–H groups in total. The van der Waals surface area contributed by atoms with Gasteiger partial charge in [0.2, 0.25) is 5.82 Å². The molecular formula is C11H10N6OS. The van der Waals surface area contributed by atoms with Crippen molar-refractivity contribution in [2.75, 3.05) is 0 Å². The fourth-order valence-corrected chi connectivity index (χ4v) is 2.19. The Morgan fingerprint density at radius 2 is 2.16 bits per heavy atom. The maximum Gasteiger partial charge on any atom is 0.277 e. The Hall–Kier alpha value is -2.19. The first kappa shape index (κ1) is 11.9. The van der Waals surface area contributed by atoms with Crippen molar-refractivity contribution in [2.24, 2.45) is 5.73 Å². The van der Waals surface area contributed by atoms with Crippen LogP contribution in [0.3, 0.4) is 0 Å². The zero-order chi connectivity index (χ0) is 13.2. The number of hydrogen-bond donors (Lipinski definition) is 1. The van der Waals surface area contributed by atoms with Crippen LogP contribution in [0.5, 0.6) is 0 Å². The van der Waals surface area contributed by atoms with Crippen LogP contribution < -0.4 is 5.73 Å². The molecule has 1 unspecified atom stereocenters. The van der Waals surface area contributed by atoms with Gasteiger partial charge in [0.05, 0.1) is 12.2 Å². The van der Waals surface area contributed by atoms with Crippen LogP contribution >= 0.6 is 11.3 Å². The highest BCUT2D eigenvalue weighted by Gasteiger charge is 2.15. The van der Waals surface area contributed by atoms with Crippen molar-refractivity contribution in [1.29, 1.82) is 0 Å². The SMILES string of the molecule is CC(N)c1nc(-c2nc(-c3cnccn3)no2)cs1. The molecule has 0 amide bonds. The Morgan fingerprint density at radius 1 is 1.26 bits per heavy atom. The van der Waals surface area contributed by atoms with Crippen molar-refractivity contribution in [1.82, 2.24) is 25.1 Å².